The maximum atomic E-state index is 12.1. The van der Waals surface area contributed by atoms with Crippen LogP contribution in [0, 0.1) is 0 Å². The molecule has 2 rings (SSSR count). The topological polar surface area (TPSA) is 59.4 Å². The first-order valence-corrected chi connectivity index (χ1v) is 5.63. The smallest absolute Gasteiger partial charge is 0.242 e. The second kappa shape index (κ2) is 4.85. The van der Waals surface area contributed by atoms with E-state index in [-0.39, 0.29) is 18.1 Å². The highest BCUT2D eigenvalue weighted by atomic mass is 16.5. The highest BCUT2D eigenvalue weighted by molar-refractivity contribution is 5.94. The van der Waals surface area contributed by atoms with Crippen LogP contribution in [0.4, 0.5) is 5.82 Å². The van der Waals surface area contributed by atoms with Crippen molar-refractivity contribution in [2.24, 2.45) is 7.05 Å². The van der Waals surface area contributed by atoms with Gasteiger partial charge >= 0.3 is 0 Å². The number of aromatic nitrogens is 2. The van der Waals surface area contributed by atoms with E-state index in [1.807, 2.05) is 11.9 Å². The number of anilines is 1. The van der Waals surface area contributed by atoms with E-state index in [0.717, 1.165) is 13.0 Å². The van der Waals surface area contributed by atoms with Gasteiger partial charge in [0, 0.05) is 26.8 Å². The van der Waals surface area contributed by atoms with Crippen LogP contribution in [0.5, 0.6) is 0 Å². The molecule has 1 N–H and O–H groups in total. The van der Waals surface area contributed by atoms with E-state index in [4.69, 9.17) is 4.74 Å². The SMILES string of the molecule is CO[C@H]1C[C@@H](C(=O)Nc2ccnn2C)N(C)C1. The predicted octanol–water partition coefficient (Wildman–Crippen LogP) is 0.0777. The number of hydrogen-bond donors (Lipinski definition) is 1. The molecule has 1 amide bonds. The number of likely N-dealkylation sites (tertiary alicyclic amines) is 1. The first-order valence-electron chi connectivity index (χ1n) is 5.63. The Morgan fingerprint density at radius 1 is 1.59 bits per heavy atom. The fourth-order valence-corrected chi connectivity index (χ4v) is 2.14. The largest absolute Gasteiger partial charge is 0.380 e. The van der Waals surface area contributed by atoms with Crippen LogP contribution in [0.15, 0.2) is 12.3 Å². The summed E-state index contributed by atoms with van der Waals surface area (Å²) in [5, 5.41) is 6.88. The summed E-state index contributed by atoms with van der Waals surface area (Å²) in [6.45, 7) is 0.792. The lowest BCUT2D eigenvalue weighted by molar-refractivity contribution is -0.120. The molecule has 0 bridgehead atoms. The molecular formula is C11H18N4O2. The summed E-state index contributed by atoms with van der Waals surface area (Å²) >= 11 is 0. The van der Waals surface area contributed by atoms with Crippen LogP contribution < -0.4 is 5.32 Å². The fourth-order valence-electron chi connectivity index (χ4n) is 2.14. The molecule has 1 saturated heterocycles. The molecule has 6 nitrogen and oxygen atoms in total. The highest BCUT2D eigenvalue weighted by Crippen LogP contribution is 2.19. The Labute approximate surface area is 101 Å². The van der Waals surface area contributed by atoms with E-state index in [1.54, 1.807) is 31.1 Å². The summed E-state index contributed by atoms with van der Waals surface area (Å²) in [5.41, 5.74) is 0. The van der Waals surface area contributed by atoms with Crippen LogP contribution >= 0.6 is 0 Å². The minimum atomic E-state index is -0.130. The third kappa shape index (κ3) is 2.48. The van der Waals surface area contributed by atoms with Gasteiger partial charge in [0.25, 0.3) is 0 Å². The van der Waals surface area contributed by atoms with Crippen molar-refractivity contribution in [2.75, 3.05) is 26.0 Å². The summed E-state index contributed by atoms with van der Waals surface area (Å²) in [5.74, 6) is 0.708. The minimum absolute atomic E-state index is 0.00403. The molecule has 0 saturated carbocycles. The standard InChI is InChI=1S/C11H18N4O2/c1-14-7-8(17-3)6-9(14)11(16)13-10-4-5-12-15(10)2/h4-5,8-9H,6-7H2,1-3H3,(H,13,16)/t8-,9-/m0/s1. The second-order valence-electron chi connectivity index (χ2n) is 4.38. The van der Waals surface area contributed by atoms with Gasteiger partial charge < -0.3 is 10.1 Å². The summed E-state index contributed by atoms with van der Waals surface area (Å²) in [6.07, 6.45) is 2.53. The third-order valence-electron chi connectivity index (χ3n) is 3.22. The first-order chi connectivity index (χ1) is 8.11. The lowest BCUT2D eigenvalue weighted by atomic mass is 10.2. The Morgan fingerprint density at radius 3 is 2.88 bits per heavy atom. The zero-order valence-electron chi connectivity index (χ0n) is 10.4. The molecule has 0 unspecified atom stereocenters. The van der Waals surface area contributed by atoms with Crippen molar-refractivity contribution in [3.8, 4) is 0 Å². The molecular weight excluding hydrogens is 220 g/mol. The lowest BCUT2D eigenvalue weighted by Gasteiger charge is -2.17. The van der Waals surface area contributed by atoms with E-state index < -0.39 is 0 Å². The van der Waals surface area contributed by atoms with Crippen LogP contribution in [0.1, 0.15) is 6.42 Å². The van der Waals surface area contributed by atoms with Crippen molar-refractivity contribution in [3.63, 3.8) is 0 Å². The average Bonchev–Trinajstić information content (AvgIpc) is 2.86. The molecule has 1 aromatic heterocycles. The Bertz CT molecular complexity index is 404. The van der Waals surface area contributed by atoms with Crippen LogP contribution in [0.25, 0.3) is 0 Å². The number of methoxy groups -OCH3 is 1. The Morgan fingerprint density at radius 2 is 2.35 bits per heavy atom. The maximum absolute atomic E-state index is 12.1. The number of rotatable bonds is 3. The number of carbonyl (C=O) groups excluding carboxylic acids is 1. The molecule has 6 heteroatoms. The molecule has 1 aliphatic rings. The van der Waals surface area contributed by atoms with Crippen molar-refractivity contribution in [1.29, 1.82) is 0 Å². The van der Waals surface area contributed by atoms with Crippen molar-refractivity contribution in [1.82, 2.24) is 14.7 Å². The molecule has 1 aromatic rings. The van der Waals surface area contributed by atoms with Crippen LogP contribution in [-0.2, 0) is 16.6 Å². The summed E-state index contributed by atoms with van der Waals surface area (Å²) in [7, 11) is 5.42. The van der Waals surface area contributed by atoms with Crippen molar-refractivity contribution in [3.05, 3.63) is 12.3 Å². The monoisotopic (exact) mass is 238 g/mol. The molecule has 0 aromatic carbocycles. The van der Waals surface area contributed by atoms with E-state index in [9.17, 15) is 4.79 Å². The van der Waals surface area contributed by atoms with E-state index in [1.165, 1.54) is 0 Å². The zero-order valence-corrected chi connectivity index (χ0v) is 10.4. The van der Waals surface area contributed by atoms with Gasteiger partial charge in [0.05, 0.1) is 18.3 Å². The van der Waals surface area contributed by atoms with Crippen LogP contribution in [0.3, 0.4) is 0 Å². The van der Waals surface area contributed by atoms with Gasteiger partial charge in [-0.2, -0.15) is 5.10 Å². The number of nitrogens with one attached hydrogen (secondary N) is 1. The van der Waals surface area contributed by atoms with Gasteiger partial charge in [0.1, 0.15) is 5.82 Å². The molecule has 94 valence electrons. The molecule has 1 fully saturated rings. The van der Waals surface area contributed by atoms with Gasteiger partial charge in [-0.15, -0.1) is 0 Å². The predicted molar refractivity (Wildman–Crippen MR) is 63.7 cm³/mol. The molecule has 2 heterocycles. The second-order valence-corrected chi connectivity index (χ2v) is 4.38. The van der Waals surface area contributed by atoms with Gasteiger partial charge in [-0.3, -0.25) is 14.4 Å². The minimum Gasteiger partial charge on any atom is -0.380 e. The van der Waals surface area contributed by atoms with Crippen molar-refractivity contribution < 1.29 is 9.53 Å². The normalized spacial score (nSPS) is 25.1. The molecule has 0 aliphatic carbocycles. The van der Waals surface area contributed by atoms with Crippen LogP contribution in [-0.4, -0.2) is 53.4 Å². The Hall–Kier alpha value is -1.40. The number of carbonyl (C=O) groups is 1. The van der Waals surface area contributed by atoms with E-state index >= 15 is 0 Å². The zero-order chi connectivity index (χ0) is 12.4. The molecule has 2 atom stereocenters. The average molecular weight is 238 g/mol. The van der Waals surface area contributed by atoms with E-state index in [0.29, 0.717) is 5.82 Å². The van der Waals surface area contributed by atoms with Gasteiger partial charge in [-0.25, -0.2) is 0 Å². The summed E-state index contributed by atoms with van der Waals surface area (Å²) in [6, 6.07) is 1.65. The maximum Gasteiger partial charge on any atom is 0.242 e. The number of amides is 1. The summed E-state index contributed by atoms with van der Waals surface area (Å²) < 4.78 is 6.92. The Balaban J connectivity index is 1.99. The highest BCUT2D eigenvalue weighted by Gasteiger charge is 2.34. The number of likely N-dealkylation sites (N-methyl/N-ethyl adjacent to an activating group) is 1. The Kier molecular flexibility index (Phi) is 3.44. The molecule has 0 radical (unpaired) electrons. The van der Waals surface area contributed by atoms with Gasteiger partial charge in [-0.1, -0.05) is 0 Å². The number of hydrogen-bond acceptors (Lipinski definition) is 4. The van der Waals surface area contributed by atoms with Crippen molar-refractivity contribution in [2.45, 2.75) is 18.6 Å². The summed E-state index contributed by atoms with van der Waals surface area (Å²) in [4.78, 5) is 14.1. The lowest BCUT2D eigenvalue weighted by Crippen LogP contribution is -2.37. The van der Waals surface area contributed by atoms with Gasteiger partial charge in [0.15, 0.2) is 0 Å². The molecule has 0 spiro atoms. The third-order valence-corrected chi connectivity index (χ3v) is 3.22. The van der Waals surface area contributed by atoms with Gasteiger partial charge in [0.2, 0.25) is 5.91 Å². The van der Waals surface area contributed by atoms with Crippen LogP contribution in [0.2, 0.25) is 0 Å². The number of aryl methyl sites for hydroxylation is 1. The van der Waals surface area contributed by atoms with Gasteiger partial charge in [-0.05, 0) is 13.5 Å². The number of ether oxygens (including phenoxy) is 1. The molecule has 17 heavy (non-hydrogen) atoms. The number of nitrogens with zero attached hydrogens (tertiary/aromatic N) is 3. The van der Waals surface area contributed by atoms with Crippen molar-refractivity contribution >= 4 is 11.7 Å². The molecule has 1 aliphatic heterocycles. The first kappa shape index (κ1) is 12.1. The quantitative estimate of drug-likeness (QED) is 0.810. The fraction of sp³-hybridized carbons (Fsp3) is 0.636. The van der Waals surface area contributed by atoms with E-state index in [2.05, 4.69) is 10.4 Å².